The number of halogens is 3. The van der Waals surface area contributed by atoms with Crippen molar-refractivity contribution >= 4 is 23.5 Å². The molecular formula is C55H46F3N3O6. The molecule has 0 radical (unpaired) electrons. The molecule has 6 aromatic carbocycles. The van der Waals surface area contributed by atoms with Gasteiger partial charge in [-0.3, -0.25) is 14.4 Å². The van der Waals surface area contributed by atoms with Crippen molar-refractivity contribution in [3.8, 4) is 39.6 Å². The lowest BCUT2D eigenvalue weighted by Crippen LogP contribution is -2.47. The molecule has 2 aliphatic rings. The van der Waals surface area contributed by atoms with Crippen LogP contribution in [0.25, 0.3) is 22.3 Å². The van der Waals surface area contributed by atoms with Crippen LogP contribution in [0.2, 0.25) is 0 Å². The predicted molar refractivity (Wildman–Crippen MR) is 251 cm³/mol. The number of aromatic nitrogens is 1. The van der Waals surface area contributed by atoms with Gasteiger partial charge < -0.3 is 25.2 Å². The van der Waals surface area contributed by atoms with Gasteiger partial charge in [-0.2, -0.15) is 13.2 Å². The van der Waals surface area contributed by atoms with Crippen LogP contribution in [0.15, 0.2) is 183 Å². The number of hydrogen-bond donors (Lipinski definition) is 3. The third kappa shape index (κ3) is 9.28. The first-order valence-electron chi connectivity index (χ1n) is 21.8. The number of nitrogens with zero attached hydrogens (tertiary/aromatic N) is 1. The van der Waals surface area contributed by atoms with E-state index in [9.17, 15) is 32.7 Å². The zero-order chi connectivity index (χ0) is 47.0. The molecule has 12 heteroatoms. The lowest BCUT2D eigenvalue weighted by Gasteiger charge is -2.31. The summed E-state index contributed by atoms with van der Waals surface area (Å²) in [5, 5.41) is 14.9. The van der Waals surface area contributed by atoms with Crippen molar-refractivity contribution < 1.29 is 42.1 Å². The molecule has 0 atom stereocenters. The Kier molecular flexibility index (Phi) is 13.4. The van der Waals surface area contributed by atoms with E-state index in [0.717, 1.165) is 33.4 Å². The lowest BCUT2D eigenvalue weighted by molar-refractivity contribution is -0.142. The minimum atomic E-state index is -4.55. The van der Waals surface area contributed by atoms with Crippen LogP contribution in [-0.2, 0) is 20.4 Å². The molecule has 9 nitrogen and oxygen atoms in total. The molecule has 0 saturated carbocycles. The monoisotopic (exact) mass is 901 g/mol. The van der Waals surface area contributed by atoms with E-state index in [0.29, 0.717) is 59.0 Å². The Bertz CT molecular complexity index is 2830. The molecule has 3 N–H and O–H groups in total. The summed E-state index contributed by atoms with van der Waals surface area (Å²) in [6, 6.07) is 49.5. The molecule has 0 spiro atoms. The number of carbonyl (C=O) groups is 3. The molecule has 1 aromatic heterocycles. The number of amides is 2. The van der Waals surface area contributed by atoms with Crippen LogP contribution in [0.1, 0.15) is 58.3 Å². The normalized spacial score (nSPS) is 13.3. The number of rotatable bonds is 15. The van der Waals surface area contributed by atoms with Gasteiger partial charge in [-0.25, -0.2) is 4.98 Å². The Balaban J connectivity index is 0.000000252. The molecule has 9 rings (SSSR count). The first-order chi connectivity index (χ1) is 32.5. The second kappa shape index (κ2) is 19.6. The molecule has 2 aliphatic carbocycles. The Morgan fingerprint density at radius 2 is 1.18 bits per heavy atom. The topological polar surface area (TPSA) is 127 Å². The molecule has 0 bridgehead atoms. The molecule has 0 unspecified atom stereocenters. The predicted octanol–water partition coefficient (Wildman–Crippen LogP) is 11.9. The van der Waals surface area contributed by atoms with Crippen molar-refractivity contribution in [2.24, 2.45) is 0 Å². The summed E-state index contributed by atoms with van der Waals surface area (Å²) in [5.41, 5.74) is 5.36. The second-order valence-corrected chi connectivity index (χ2v) is 16.1. The van der Waals surface area contributed by atoms with E-state index >= 15 is 0 Å². The highest BCUT2D eigenvalue weighted by atomic mass is 19.4. The zero-order valence-electron chi connectivity index (χ0n) is 36.3. The van der Waals surface area contributed by atoms with Gasteiger partial charge in [0.15, 0.2) is 0 Å². The highest BCUT2D eigenvalue weighted by Crippen LogP contribution is 2.53. The molecule has 0 saturated heterocycles. The summed E-state index contributed by atoms with van der Waals surface area (Å²) in [4.78, 5) is 43.1. The Morgan fingerprint density at radius 3 is 1.70 bits per heavy atom. The summed E-state index contributed by atoms with van der Waals surface area (Å²) in [6.45, 7) is 2.46. The fraction of sp³-hybridized carbons (Fsp3) is 0.164. The largest absolute Gasteiger partial charge is 0.480 e. The number of para-hydroxylation sites is 2. The fourth-order valence-corrected chi connectivity index (χ4v) is 9.15. The average molecular weight is 902 g/mol. The number of aliphatic carboxylic acids is 1. The van der Waals surface area contributed by atoms with Gasteiger partial charge >= 0.3 is 12.1 Å². The summed E-state index contributed by atoms with van der Waals surface area (Å²) < 4.78 is 51.1. The molecule has 0 fully saturated rings. The highest BCUT2D eigenvalue weighted by Gasteiger charge is 2.50. The van der Waals surface area contributed by atoms with Crippen molar-refractivity contribution in [1.29, 1.82) is 0 Å². The number of carboxylic acids is 1. The minimum Gasteiger partial charge on any atom is -0.480 e. The Morgan fingerprint density at radius 1 is 0.657 bits per heavy atom. The van der Waals surface area contributed by atoms with Crippen molar-refractivity contribution in [3.05, 3.63) is 210 Å². The minimum absolute atomic E-state index is 0.154. The maximum atomic E-state index is 13.6. The molecule has 2 amide bonds. The standard InChI is InChI=1S/C37H30F3N3O4.C18H16O2/c38-37(39,40)24-42-35(45)36(30-16-7-4-13-27(30)28-14-5-8-17-31(28)36)21-10-22-46-33-20-19-25(23-41-33)43-34(44)29-15-6-9-18-32(29)47-26-11-2-1-3-12-26;1-2-3-12-18(17(19)20)15-10-6-4-8-13(15)14-9-5-7-11-16(14)18/h1-9,11-20,23H,10,21-22,24H2,(H,42,45)(H,43,44);2,4-11H,1,3,12H2,(H,19,20). The molecule has 338 valence electrons. The van der Waals surface area contributed by atoms with Crippen molar-refractivity contribution in [1.82, 2.24) is 10.3 Å². The highest BCUT2D eigenvalue weighted by molar-refractivity contribution is 6.06. The number of alkyl halides is 3. The van der Waals surface area contributed by atoms with E-state index in [-0.39, 0.29) is 18.9 Å². The van der Waals surface area contributed by atoms with E-state index in [2.05, 4.69) is 22.2 Å². The lowest BCUT2D eigenvalue weighted by atomic mass is 9.73. The van der Waals surface area contributed by atoms with Gasteiger partial charge in [0.05, 0.1) is 24.1 Å². The number of nitrogens with one attached hydrogen (secondary N) is 2. The fourth-order valence-electron chi connectivity index (χ4n) is 9.15. The quantitative estimate of drug-likeness (QED) is 0.0691. The SMILES string of the molecule is C=CCCC1(C(=O)O)c2ccccc2-c2ccccc21.O=C(Nc1ccc(OCCCC2(C(=O)NCC(F)(F)F)c3ccccc3-c3ccccc32)nc1)c1ccccc1Oc1ccccc1. The van der Waals surface area contributed by atoms with E-state index in [1.165, 1.54) is 6.20 Å². The van der Waals surface area contributed by atoms with Crippen LogP contribution >= 0.6 is 0 Å². The number of fused-ring (bicyclic) bond motifs is 6. The second-order valence-electron chi connectivity index (χ2n) is 16.1. The molecule has 0 aliphatic heterocycles. The number of allylic oxidation sites excluding steroid dienone is 1. The summed E-state index contributed by atoms with van der Waals surface area (Å²) >= 11 is 0. The molecular weight excluding hydrogens is 856 g/mol. The van der Waals surface area contributed by atoms with Crippen LogP contribution in [0.3, 0.4) is 0 Å². The summed E-state index contributed by atoms with van der Waals surface area (Å²) in [5.74, 6) is -0.568. The summed E-state index contributed by atoms with van der Waals surface area (Å²) in [7, 11) is 0. The van der Waals surface area contributed by atoms with Crippen LogP contribution in [0, 0.1) is 0 Å². The number of carboxylic acid groups (broad SMARTS) is 1. The average Bonchev–Trinajstić information content (AvgIpc) is 3.80. The van der Waals surface area contributed by atoms with E-state index < -0.39 is 35.4 Å². The van der Waals surface area contributed by atoms with E-state index in [4.69, 9.17) is 9.47 Å². The molecule has 7 aromatic rings. The third-order valence-corrected chi connectivity index (χ3v) is 12.1. The van der Waals surface area contributed by atoms with Crippen molar-refractivity contribution in [3.63, 3.8) is 0 Å². The smallest absolute Gasteiger partial charge is 0.405 e. The number of hydrogen-bond acceptors (Lipinski definition) is 6. The van der Waals surface area contributed by atoms with Crippen LogP contribution in [0.4, 0.5) is 18.9 Å². The summed E-state index contributed by atoms with van der Waals surface area (Å²) in [6.07, 6.45) is 0.477. The van der Waals surface area contributed by atoms with Crippen LogP contribution < -0.4 is 20.1 Å². The number of anilines is 1. The van der Waals surface area contributed by atoms with Crippen LogP contribution in [0.5, 0.6) is 17.4 Å². The van der Waals surface area contributed by atoms with Gasteiger partial charge in [-0.15, -0.1) is 6.58 Å². The van der Waals surface area contributed by atoms with Crippen LogP contribution in [-0.4, -0.2) is 47.2 Å². The van der Waals surface area contributed by atoms with Crippen molar-refractivity contribution in [2.45, 2.75) is 42.7 Å². The first-order valence-corrected chi connectivity index (χ1v) is 21.8. The maximum absolute atomic E-state index is 13.6. The van der Waals surface area contributed by atoms with Gasteiger partial charge in [-0.1, -0.05) is 133 Å². The number of ether oxygens (including phenoxy) is 2. The third-order valence-electron chi connectivity index (χ3n) is 12.1. The maximum Gasteiger partial charge on any atom is 0.405 e. The van der Waals surface area contributed by atoms with E-state index in [1.807, 2.05) is 91.0 Å². The Hall–Kier alpha value is -7.99. The van der Waals surface area contributed by atoms with Gasteiger partial charge in [0.1, 0.15) is 28.9 Å². The molecule has 1 heterocycles. The van der Waals surface area contributed by atoms with Gasteiger partial charge in [0, 0.05) is 6.07 Å². The van der Waals surface area contributed by atoms with Gasteiger partial charge in [0.2, 0.25) is 11.8 Å². The first kappa shape index (κ1) is 45.6. The van der Waals surface area contributed by atoms with Crippen molar-refractivity contribution in [2.75, 3.05) is 18.5 Å². The van der Waals surface area contributed by atoms with Gasteiger partial charge in [-0.05, 0) is 101 Å². The van der Waals surface area contributed by atoms with E-state index in [1.54, 1.807) is 78.9 Å². The number of benzene rings is 6. The number of carbonyl (C=O) groups excluding carboxylic acids is 2. The Labute approximate surface area is 386 Å². The number of pyridine rings is 1. The van der Waals surface area contributed by atoms with Gasteiger partial charge in [0.25, 0.3) is 5.91 Å². The zero-order valence-corrected chi connectivity index (χ0v) is 36.3. The molecule has 67 heavy (non-hydrogen) atoms.